The molecule has 1 N–H and O–H groups in total. The van der Waals surface area contributed by atoms with Crippen LogP contribution in [0, 0.1) is 5.92 Å². The molecule has 0 saturated carbocycles. The summed E-state index contributed by atoms with van der Waals surface area (Å²) in [5.74, 6) is 0.156. The van der Waals surface area contributed by atoms with E-state index in [4.69, 9.17) is 9.16 Å². The van der Waals surface area contributed by atoms with E-state index in [-0.39, 0.29) is 12.0 Å². The molecule has 1 rings (SSSR count). The third kappa shape index (κ3) is 3.64. The van der Waals surface area contributed by atoms with E-state index in [1.165, 1.54) is 0 Å². The van der Waals surface area contributed by atoms with Crippen molar-refractivity contribution in [2.45, 2.75) is 90.3 Å². The van der Waals surface area contributed by atoms with Crippen molar-refractivity contribution in [3.8, 4) is 0 Å². The second kappa shape index (κ2) is 6.90. The molecule has 120 valence electrons. The first kappa shape index (κ1) is 18.1. The van der Waals surface area contributed by atoms with Crippen LogP contribution in [0.5, 0.6) is 0 Å². The summed E-state index contributed by atoms with van der Waals surface area (Å²) in [6, 6.07) is 0. The van der Waals surface area contributed by atoms with Crippen LogP contribution in [0.1, 0.15) is 55.4 Å². The average molecular weight is 303 g/mol. The number of hydrogen-bond donors (Lipinski definition) is 1. The Morgan fingerprint density at radius 3 is 1.70 bits per heavy atom. The number of epoxide rings is 1. The maximum atomic E-state index is 10.4. The summed E-state index contributed by atoms with van der Waals surface area (Å²) in [7, 11) is -1.87. The van der Waals surface area contributed by atoms with Crippen LogP contribution < -0.4 is 0 Å². The molecule has 0 amide bonds. The summed E-state index contributed by atoms with van der Waals surface area (Å²) < 4.78 is 11.9. The van der Waals surface area contributed by atoms with Crippen LogP contribution in [-0.4, -0.2) is 38.3 Å². The summed E-state index contributed by atoms with van der Waals surface area (Å²) in [5, 5.41) is 10.4. The Labute approximate surface area is 126 Å². The van der Waals surface area contributed by atoms with Crippen molar-refractivity contribution in [2.24, 2.45) is 5.92 Å². The quantitative estimate of drug-likeness (QED) is 0.545. The summed E-state index contributed by atoms with van der Waals surface area (Å²) in [6.45, 7) is 18.2. The highest BCUT2D eigenvalue weighted by Crippen LogP contribution is 2.42. The SMILES string of the molecule is CC(C)[Si](OC[C@H](O)[C@H](C)[C@@H]1O[C@@H]1C)(C(C)C)C(C)C. The molecule has 4 atom stereocenters. The van der Waals surface area contributed by atoms with Gasteiger partial charge in [-0.25, -0.2) is 0 Å². The van der Waals surface area contributed by atoms with E-state index in [1.807, 2.05) is 0 Å². The van der Waals surface area contributed by atoms with Gasteiger partial charge in [0.15, 0.2) is 8.32 Å². The van der Waals surface area contributed by atoms with Gasteiger partial charge in [-0.05, 0) is 23.5 Å². The average Bonchev–Trinajstić information content (AvgIpc) is 3.04. The third-order valence-electron chi connectivity index (χ3n) is 5.09. The molecule has 1 fully saturated rings. The van der Waals surface area contributed by atoms with Gasteiger partial charge in [-0.3, -0.25) is 0 Å². The van der Waals surface area contributed by atoms with Gasteiger partial charge in [0.1, 0.15) is 0 Å². The lowest BCUT2D eigenvalue weighted by atomic mass is 10.00. The Bertz CT molecular complexity index is 282. The number of ether oxygens (including phenoxy) is 1. The van der Waals surface area contributed by atoms with Gasteiger partial charge in [-0.15, -0.1) is 0 Å². The summed E-state index contributed by atoms with van der Waals surface area (Å²) in [6.07, 6.45) is 0.0804. The van der Waals surface area contributed by atoms with Crippen LogP contribution in [0.25, 0.3) is 0 Å². The lowest BCUT2D eigenvalue weighted by Crippen LogP contribution is -2.49. The van der Waals surface area contributed by atoms with Gasteiger partial charge in [-0.1, -0.05) is 48.5 Å². The van der Waals surface area contributed by atoms with E-state index in [0.717, 1.165) is 0 Å². The molecule has 0 spiro atoms. The second-order valence-electron chi connectivity index (χ2n) is 7.36. The van der Waals surface area contributed by atoms with Crippen LogP contribution in [0.2, 0.25) is 16.6 Å². The molecule has 0 aromatic carbocycles. The minimum absolute atomic E-state index is 0.156. The van der Waals surface area contributed by atoms with E-state index in [1.54, 1.807) is 0 Å². The fourth-order valence-electron chi connectivity index (χ4n) is 3.85. The normalized spacial score (nSPS) is 26.4. The molecule has 0 unspecified atom stereocenters. The van der Waals surface area contributed by atoms with Crippen molar-refractivity contribution in [2.75, 3.05) is 6.61 Å². The highest BCUT2D eigenvalue weighted by atomic mass is 28.4. The lowest BCUT2D eigenvalue weighted by molar-refractivity contribution is 0.0455. The Morgan fingerprint density at radius 1 is 1.00 bits per heavy atom. The van der Waals surface area contributed by atoms with Crippen LogP contribution in [0.15, 0.2) is 0 Å². The van der Waals surface area contributed by atoms with Gasteiger partial charge in [0.2, 0.25) is 0 Å². The minimum atomic E-state index is -1.87. The van der Waals surface area contributed by atoms with Gasteiger partial charge in [0.25, 0.3) is 0 Å². The molecule has 1 heterocycles. The maximum Gasteiger partial charge on any atom is 0.200 e. The smallest absolute Gasteiger partial charge is 0.200 e. The molecular weight excluding hydrogens is 268 g/mol. The molecule has 0 aliphatic carbocycles. The van der Waals surface area contributed by atoms with E-state index in [0.29, 0.717) is 29.3 Å². The Morgan fingerprint density at radius 2 is 1.40 bits per heavy atom. The summed E-state index contributed by atoms with van der Waals surface area (Å²) in [5.41, 5.74) is 1.67. The Balaban J connectivity index is 2.66. The first-order chi connectivity index (χ1) is 9.14. The van der Waals surface area contributed by atoms with Gasteiger partial charge >= 0.3 is 0 Å². The van der Waals surface area contributed by atoms with Crippen LogP contribution >= 0.6 is 0 Å². The molecule has 1 aliphatic rings. The summed E-state index contributed by atoms with van der Waals surface area (Å²) in [4.78, 5) is 0. The number of aliphatic hydroxyl groups excluding tert-OH is 1. The Hall–Kier alpha value is 0.0969. The lowest BCUT2D eigenvalue weighted by Gasteiger charge is -2.43. The zero-order valence-corrected chi connectivity index (χ0v) is 15.5. The van der Waals surface area contributed by atoms with Crippen molar-refractivity contribution in [1.29, 1.82) is 0 Å². The molecule has 0 aromatic rings. The predicted octanol–water partition coefficient (Wildman–Crippen LogP) is 3.96. The number of hydrogen-bond acceptors (Lipinski definition) is 3. The monoisotopic (exact) mass is 302 g/mol. The molecule has 1 aliphatic heterocycles. The molecule has 1 saturated heterocycles. The van der Waals surface area contributed by atoms with Crippen molar-refractivity contribution >= 4 is 8.32 Å². The topological polar surface area (TPSA) is 42.0 Å². The zero-order chi connectivity index (χ0) is 15.7. The first-order valence-corrected chi connectivity index (χ1v) is 10.3. The molecule has 0 bridgehead atoms. The van der Waals surface area contributed by atoms with E-state index in [2.05, 4.69) is 55.4 Å². The predicted molar refractivity (Wildman–Crippen MR) is 86.5 cm³/mol. The van der Waals surface area contributed by atoms with Crippen LogP contribution in [-0.2, 0) is 9.16 Å². The van der Waals surface area contributed by atoms with E-state index >= 15 is 0 Å². The number of aliphatic hydroxyl groups is 1. The highest BCUT2D eigenvalue weighted by Gasteiger charge is 2.47. The fraction of sp³-hybridized carbons (Fsp3) is 1.00. The molecular formula is C16H34O3Si. The van der Waals surface area contributed by atoms with Crippen molar-refractivity contribution in [1.82, 2.24) is 0 Å². The van der Waals surface area contributed by atoms with Gasteiger partial charge in [0.05, 0.1) is 24.9 Å². The minimum Gasteiger partial charge on any atom is -0.413 e. The van der Waals surface area contributed by atoms with Gasteiger partial charge in [-0.2, -0.15) is 0 Å². The molecule has 0 aromatic heterocycles. The number of rotatable bonds is 8. The third-order valence-corrected chi connectivity index (χ3v) is 11.2. The zero-order valence-electron chi connectivity index (χ0n) is 14.5. The van der Waals surface area contributed by atoms with Crippen molar-refractivity contribution in [3.05, 3.63) is 0 Å². The largest absolute Gasteiger partial charge is 0.413 e. The van der Waals surface area contributed by atoms with Crippen molar-refractivity contribution < 1.29 is 14.3 Å². The van der Waals surface area contributed by atoms with Crippen LogP contribution in [0.3, 0.4) is 0 Å². The first-order valence-electron chi connectivity index (χ1n) is 8.12. The summed E-state index contributed by atoms with van der Waals surface area (Å²) >= 11 is 0. The van der Waals surface area contributed by atoms with Crippen molar-refractivity contribution in [3.63, 3.8) is 0 Å². The highest BCUT2D eigenvalue weighted by molar-refractivity contribution is 6.77. The molecule has 20 heavy (non-hydrogen) atoms. The van der Waals surface area contributed by atoms with E-state index < -0.39 is 14.4 Å². The van der Waals surface area contributed by atoms with E-state index in [9.17, 15) is 5.11 Å². The Kier molecular flexibility index (Phi) is 6.26. The van der Waals surface area contributed by atoms with Gasteiger partial charge < -0.3 is 14.3 Å². The molecule has 0 radical (unpaired) electrons. The van der Waals surface area contributed by atoms with Gasteiger partial charge in [0, 0.05) is 5.92 Å². The maximum absolute atomic E-state index is 10.4. The molecule has 3 nitrogen and oxygen atoms in total. The molecule has 4 heteroatoms. The second-order valence-corrected chi connectivity index (χ2v) is 12.8. The standard InChI is InChI=1S/C16H34O3Si/c1-10(2)20(11(3)4,12(5)6)18-9-15(17)13(7)16-14(8)19-16/h10-17H,9H2,1-8H3/t13-,14+,15-,16-/m0/s1. The fourth-order valence-corrected chi connectivity index (χ4v) is 9.31. The van der Waals surface area contributed by atoms with Crippen LogP contribution in [0.4, 0.5) is 0 Å².